The van der Waals surface area contributed by atoms with Crippen LogP contribution < -0.4 is 5.82 Å². The number of rotatable bonds is 4. The number of likely N-dealkylation sites (tertiary alicyclic amines) is 1. The van der Waals surface area contributed by atoms with Crippen LogP contribution in [0.15, 0.2) is 13.6 Å². The van der Waals surface area contributed by atoms with Crippen LogP contribution in [0.5, 0.6) is 0 Å². The summed E-state index contributed by atoms with van der Waals surface area (Å²) in [5.41, 5.74) is 0. The quantitative estimate of drug-likeness (QED) is 0.838. The summed E-state index contributed by atoms with van der Waals surface area (Å²) >= 11 is 0. The van der Waals surface area contributed by atoms with Gasteiger partial charge < -0.3 is 18.5 Å². The highest BCUT2D eigenvalue weighted by atomic mass is 16.6. The molecule has 1 amide bonds. The molecule has 1 atom stereocenters. The van der Waals surface area contributed by atoms with E-state index in [2.05, 4.69) is 6.92 Å². The van der Waals surface area contributed by atoms with Crippen molar-refractivity contribution < 1.29 is 18.4 Å². The standard InChI is InChI=1S/C13H19NO5/c1-3-4-10-5-6-14(7-10)12(15)17-8-11-9(2)18-13(16)19-11/h10H,3-8H2,1-2H3. The molecule has 1 fully saturated rings. The minimum Gasteiger partial charge on any atom is -0.441 e. The van der Waals surface area contributed by atoms with Crippen molar-refractivity contribution in [2.75, 3.05) is 13.1 Å². The third-order valence-electron chi connectivity index (χ3n) is 3.40. The molecular weight excluding hydrogens is 250 g/mol. The van der Waals surface area contributed by atoms with E-state index in [1.165, 1.54) is 0 Å². The van der Waals surface area contributed by atoms with Crippen LogP contribution >= 0.6 is 0 Å². The Bertz CT molecular complexity index is 489. The van der Waals surface area contributed by atoms with Gasteiger partial charge in [-0.05, 0) is 25.7 Å². The molecule has 19 heavy (non-hydrogen) atoms. The summed E-state index contributed by atoms with van der Waals surface area (Å²) < 4.78 is 14.6. The number of nitrogens with zero attached hydrogens (tertiary/aromatic N) is 1. The predicted octanol–water partition coefficient (Wildman–Crippen LogP) is 2.30. The van der Waals surface area contributed by atoms with E-state index in [9.17, 15) is 9.59 Å². The van der Waals surface area contributed by atoms with Crippen molar-refractivity contribution in [3.63, 3.8) is 0 Å². The minimum atomic E-state index is -0.771. The number of carbonyl (C=O) groups excluding carboxylic acids is 1. The number of amides is 1. The van der Waals surface area contributed by atoms with Crippen LogP contribution in [-0.4, -0.2) is 24.1 Å². The van der Waals surface area contributed by atoms with Gasteiger partial charge in [0.15, 0.2) is 18.1 Å². The Labute approximate surface area is 111 Å². The van der Waals surface area contributed by atoms with Crippen molar-refractivity contribution in [1.82, 2.24) is 4.90 Å². The second-order valence-corrected chi connectivity index (χ2v) is 4.88. The Kier molecular flexibility index (Phi) is 4.29. The minimum absolute atomic E-state index is 0.0641. The fourth-order valence-electron chi connectivity index (χ4n) is 2.37. The van der Waals surface area contributed by atoms with E-state index in [1.54, 1.807) is 11.8 Å². The fourth-order valence-corrected chi connectivity index (χ4v) is 2.37. The maximum absolute atomic E-state index is 11.8. The molecule has 1 saturated heterocycles. The van der Waals surface area contributed by atoms with Gasteiger partial charge in [-0.2, -0.15) is 0 Å². The zero-order chi connectivity index (χ0) is 13.8. The molecule has 0 N–H and O–H groups in total. The van der Waals surface area contributed by atoms with E-state index < -0.39 is 5.82 Å². The van der Waals surface area contributed by atoms with Crippen molar-refractivity contribution in [2.45, 2.75) is 39.7 Å². The Morgan fingerprint density at radius 2 is 2.26 bits per heavy atom. The normalized spacial score (nSPS) is 18.8. The lowest BCUT2D eigenvalue weighted by Crippen LogP contribution is -2.29. The van der Waals surface area contributed by atoms with Gasteiger partial charge in [-0.1, -0.05) is 13.3 Å². The molecule has 0 aromatic carbocycles. The van der Waals surface area contributed by atoms with Crippen molar-refractivity contribution in [3.05, 3.63) is 22.1 Å². The van der Waals surface area contributed by atoms with E-state index in [0.29, 0.717) is 11.7 Å². The lowest BCUT2D eigenvalue weighted by Gasteiger charge is -2.15. The molecule has 6 heteroatoms. The van der Waals surface area contributed by atoms with Gasteiger partial charge in [-0.3, -0.25) is 0 Å². The van der Waals surface area contributed by atoms with E-state index in [4.69, 9.17) is 13.6 Å². The molecule has 0 spiro atoms. The first-order valence-electron chi connectivity index (χ1n) is 6.61. The average molecular weight is 269 g/mol. The Morgan fingerprint density at radius 3 is 2.89 bits per heavy atom. The van der Waals surface area contributed by atoms with Gasteiger partial charge in [0.25, 0.3) is 0 Å². The Balaban J connectivity index is 1.82. The van der Waals surface area contributed by atoms with Gasteiger partial charge in [0.2, 0.25) is 0 Å². The first kappa shape index (κ1) is 13.7. The highest BCUT2D eigenvalue weighted by Gasteiger charge is 2.27. The second kappa shape index (κ2) is 5.95. The molecule has 1 unspecified atom stereocenters. The smallest absolute Gasteiger partial charge is 0.441 e. The van der Waals surface area contributed by atoms with Crippen molar-refractivity contribution in [2.24, 2.45) is 5.92 Å². The van der Waals surface area contributed by atoms with Crippen molar-refractivity contribution in [3.8, 4) is 0 Å². The maximum Gasteiger partial charge on any atom is 0.519 e. The van der Waals surface area contributed by atoms with Gasteiger partial charge in [0.1, 0.15) is 0 Å². The maximum atomic E-state index is 11.8. The van der Waals surface area contributed by atoms with Gasteiger partial charge in [-0.25, -0.2) is 9.59 Å². The monoisotopic (exact) mass is 269 g/mol. The summed E-state index contributed by atoms with van der Waals surface area (Å²) in [6.07, 6.45) is 2.94. The fraction of sp³-hybridized carbons (Fsp3) is 0.692. The largest absolute Gasteiger partial charge is 0.519 e. The lowest BCUT2D eigenvalue weighted by molar-refractivity contribution is 0.0955. The van der Waals surface area contributed by atoms with E-state index >= 15 is 0 Å². The molecule has 0 bridgehead atoms. The molecule has 0 radical (unpaired) electrons. The first-order chi connectivity index (χ1) is 9.10. The van der Waals surface area contributed by atoms with Crippen LogP contribution in [0, 0.1) is 12.8 Å². The third-order valence-corrected chi connectivity index (χ3v) is 3.40. The summed E-state index contributed by atoms with van der Waals surface area (Å²) in [5, 5.41) is 0. The number of ether oxygens (including phenoxy) is 1. The van der Waals surface area contributed by atoms with Gasteiger partial charge in [-0.15, -0.1) is 0 Å². The summed E-state index contributed by atoms with van der Waals surface area (Å²) in [5.74, 6) is 0.421. The second-order valence-electron chi connectivity index (χ2n) is 4.88. The topological polar surface area (TPSA) is 72.9 Å². The summed E-state index contributed by atoms with van der Waals surface area (Å²) in [4.78, 5) is 24.4. The van der Waals surface area contributed by atoms with Crippen LogP contribution in [0.2, 0.25) is 0 Å². The van der Waals surface area contributed by atoms with Crippen LogP contribution in [-0.2, 0) is 11.3 Å². The molecule has 1 aliphatic heterocycles. The van der Waals surface area contributed by atoms with E-state index in [1.807, 2.05) is 0 Å². The lowest BCUT2D eigenvalue weighted by atomic mass is 10.0. The average Bonchev–Trinajstić information content (AvgIpc) is 2.94. The van der Waals surface area contributed by atoms with Crippen molar-refractivity contribution in [1.29, 1.82) is 0 Å². The zero-order valence-corrected chi connectivity index (χ0v) is 11.3. The van der Waals surface area contributed by atoms with Gasteiger partial charge in [0.05, 0.1) is 0 Å². The zero-order valence-electron chi connectivity index (χ0n) is 11.3. The third kappa shape index (κ3) is 3.39. The molecule has 0 saturated carbocycles. The number of hydrogen-bond acceptors (Lipinski definition) is 5. The predicted molar refractivity (Wildman–Crippen MR) is 66.8 cm³/mol. The van der Waals surface area contributed by atoms with Crippen molar-refractivity contribution >= 4 is 6.09 Å². The SMILES string of the molecule is CCCC1CCN(C(=O)OCc2oc(=O)oc2C)C1. The van der Waals surface area contributed by atoms with E-state index in [-0.39, 0.29) is 18.5 Å². The molecule has 1 aromatic rings. The number of carbonyl (C=O) groups is 1. The molecule has 6 nitrogen and oxygen atoms in total. The van der Waals surface area contributed by atoms with Gasteiger partial charge in [0, 0.05) is 13.1 Å². The summed E-state index contributed by atoms with van der Waals surface area (Å²) in [6, 6.07) is 0. The van der Waals surface area contributed by atoms with Crippen LogP contribution in [0.25, 0.3) is 0 Å². The Hall–Kier alpha value is -1.72. The van der Waals surface area contributed by atoms with Gasteiger partial charge >= 0.3 is 11.9 Å². The molecule has 1 aromatic heterocycles. The molecule has 0 aliphatic carbocycles. The van der Waals surface area contributed by atoms with Crippen LogP contribution in [0.3, 0.4) is 0 Å². The van der Waals surface area contributed by atoms with E-state index in [0.717, 1.165) is 32.4 Å². The summed E-state index contributed by atoms with van der Waals surface area (Å²) in [6.45, 7) is 5.16. The highest BCUT2D eigenvalue weighted by Crippen LogP contribution is 2.21. The van der Waals surface area contributed by atoms with Crippen LogP contribution in [0.4, 0.5) is 4.79 Å². The Morgan fingerprint density at radius 1 is 1.47 bits per heavy atom. The van der Waals surface area contributed by atoms with Crippen LogP contribution in [0.1, 0.15) is 37.7 Å². The highest BCUT2D eigenvalue weighted by molar-refractivity contribution is 5.67. The first-order valence-corrected chi connectivity index (χ1v) is 6.61. The number of hydrogen-bond donors (Lipinski definition) is 0. The number of aryl methyl sites for hydroxylation is 1. The molecule has 2 heterocycles. The molecule has 2 rings (SSSR count). The molecule has 1 aliphatic rings. The molecule has 106 valence electrons. The summed E-state index contributed by atoms with van der Waals surface area (Å²) in [7, 11) is 0. The molecular formula is C13H19NO5.